The second-order valence-electron chi connectivity index (χ2n) is 3.87. The van der Waals surface area contributed by atoms with Crippen LogP contribution in [0.5, 0.6) is 0 Å². The molecule has 0 bridgehead atoms. The van der Waals surface area contributed by atoms with E-state index in [0.29, 0.717) is 0 Å². The van der Waals surface area contributed by atoms with E-state index in [2.05, 4.69) is 9.50 Å². The van der Waals surface area contributed by atoms with Crippen molar-refractivity contribution >= 4 is 16.3 Å². The highest BCUT2D eigenvalue weighted by Crippen LogP contribution is 2.16. The molecule has 2 unspecified atom stereocenters. The van der Waals surface area contributed by atoms with Crippen molar-refractivity contribution in [2.75, 3.05) is 13.2 Å². The molecular weight excluding hydrogens is 270 g/mol. The van der Waals surface area contributed by atoms with Crippen LogP contribution in [-0.4, -0.2) is 66.7 Å². The molecule has 106 valence electrons. The van der Waals surface area contributed by atoms with E-state index in [4.69, 9.17) is 9.29 Å². The minimum Gasteiger partial charge on any atom is -0.388 e. The second kappa shape index (κ2) is 5.91. The zero-order valence-electron chi connectivity index (χ0n) is 9.51. The number of aliphatic hydroxyl groups is 2. The van der Waals surface area contributed by atoms with E-state index >= 15 is 0 Å². The molecule has 9 nitrogen and oxygen atoms in total. The van der Waals surface area contributed by atoms with Gasteiger partial charge in [0.25, 0.3) is 0 Å². The van der Waals surface area contributed by atoms with Gasteiger partial charge in [0.15, 0.2) is 0 Å². The molecule has 18 heavy (non-hydrogen) atoms. The van der Waals surface area contributed by atoms with Crippen molar-refractivity contribution in [1.82, 2.24) is 5.32 Å². The number of ether oxygens (including phenoxy) is 1. The lowest BCUT2D eigenvalue weighted by atomic mass is 9.98. The molecule has 1 saturated heterocycles. The van der Waals surface area contributed by atoms with Gasteiger partial charge in [-0.3, -0.25) is 9.35 Å². The third-order valence-corrected chi connectivity index (χ3v) is 2.84. The van der Waals surface area contributed by atoms with Crippen LogP contribution >= 0.6 is 0 Å². The molecule has 1 fully saturated rings. The quantitative estimate of drug-likeness (QED) is 0.413. The van der Waals surface area contributed by atoms with E-state index in [1.54, 1.807) is 0 Å². The van der Waals surface area contributed by atoms with E-state index < -0.39 is 47.3 Å². The van der Waals surface area contributed by atoms with Crippen molar-refractivity contribution in [3.05, 3.63) is 0 Å². The monoisotopic (exact) mass is 285 g/mol. The maximum absolute atomic E-state index is 10.8. The largest absolute Gasteiger partial charge is 0.397 e. The summed E-state index contributed by atoms with van der Waals surface area (Å²) in [7, 11) is -4.64. The summed E-state index contributed by atoms with van der Waals surface area (Å²) in [5, 5.41) is 21.7. The molecule has 1 aliphatic rings. The Labute approximate surface area is 104 Å². The third kappa shape index (κ3) is 4.48. The molecule has 1 rings (SSSR count). The fourth-order valence-corrected chi connectivity index (χ4v) is 1.88. The highest BCUT2D eigenvalue weighted by Gasteiger charge is 2.39. The molecule has 0 aromatic carbocycles. The Bertz CT molecular complexity index is 396. The SMILES string of the molecule is CC(=O)NC1COC(COS(=O)(=O)O)[C@H](O)[C@H]1O. The van der Waals surface area contributed by atoms with E-state index in [9.17, 15) is 23.4 Å². The van der Waals surface area contributed by atoms with Gasteiger partial charge in [-0.15, -0.1) is 0 Å². The highest BCUT2D eigenvalue weighted by atomic mass is 32.3. The van der Waals surface area contributed by atoms with Gasteiger partial charge in [0.1, 0.15) is 18.3 Å². The minimum atomic E-state index is -4.64. The van der Waals surface area contributed by atoms with E-state index in [1.807, 2.05) is 0 Å². The fourth-order valence-electron chi connectivity index (χ4n) is 1.57. The van der Waals surface area contributed by atoms with Crippen LogP contribution in [0, 0.1) is 0 Å². The van der Waals surface area contributed by atoms with Crippen molar-refractivity contribution in [2.45, 2.75) is 31.3 Å². The number of hydrogen-bond acceptors (Lipinski definition) is 7. The average molecular weight is 285 g/mol. The predicted molar refractivity (Wildman–Crippen MR) is 56.9 cm³/mol. The van der Waals surface area contributed by atoms with Crippen LogP contribution < -0.4 is 5.32 Å². The van der Waals surface area contributed by atoms with Crippen LogP contribution in [0.3, 0.4) is 0 Å². The average Bonchev–Trinajstić information content (AvgIpc) is 2.22. The lowest BCUT2D eigenvalue weighted by Gasteiger charge is -2.37. The van der Waals surface area contributed by atoms with Gasteiger partial charge in [-0.1, -0.05) is 0 Å². The van der Waals surface area contributed by atoms with Crippen LogP contribution in [0.1, 0.15) is 6.92 Å². The Morgan fingerprint density at radius 1 is 1.44 bits per heavy atom. The Morgan fingerprint density at radius 3 is 2.56 bits per heavy atom. The summed E-state index contributed by atoms with van der Waals surface area (Å²) < 4.78 is 38.2. The number of rotatable bonds is 4. The van der Waals surface area contributed by atoms with Gasteiger partial charge in [-0.05, 0) is 0 Å². The van der Waals surface area contributed by atoms with E-state index in [0.717, 1.165) is 0 Å². The smallest absolute Gasteiger partial charge is 0.388 e. The number of amides is 1. The van der Waals surface area contributed by atoms with Gasteiger partial charge in [0.05, 0.1) is 19.3 Å². The van der Waals surface area contributed by atoms with Crippen LogP contribution in [0.2, 0.25) is 0 Å². The molecule has 1 heterocycles. The molecule has 10 heteroatoms. The lowest BCUT2D eigenvalue weighted by Crippen LogP contribution is -2.59. The van der Waals surface area contributed by atoms with Crippen LogP contribution in [-0.2, 0) is 24.1 Å². The molecule has 1 aliphatic heterocycles. The van der Waals surface area contributed by atoms with Gasteiger partial charge in [-0.25, -0.2) is 4.18 Å². The standard InChI is InChI=1S/C8H15NO8S/c1-4(10)9-5-2-16-6(8(12)7(5)11)3-17-18(13,14)15/h5-8,11-12H,2-3H2,1H3,(H,9,10)(H,13,14,15)/t5?,6?,7-,8-/m0/s1. The van der Waals surface area contributed by atoms with Crippen molar-refractivity contribution in [2.24, 2.45) is 0 Å². The normalized spacial score (nSPS) is 33.1. The van der Waals surface area contributed by atoms with E-state index in [-0.39, 0.29) is 6.61 Å². The van der Waals surface area contributed by atoms with Crippen LogP contribution in [0.15, 0.2) is 0 Å². The van der Waals surface area contributed by atoms with E-state index in [1.165, 1.54) is 6.92 Å². The first-order valence-corrected chi connectivity index (χ1v) is 6.44. The summed E-state index contributed by atoms with van der Waals surface area (Å²) >= 11 is 0. The number of nitrogens with one attached hydrogen (secondary N) is 1. The Morgan fingerprint density at radius 2 is 2.06 bits per heavy atom. The topological polar surface area (TPSA) is 142 Å². The summed E-state index contributed by atoms with van der Waals surface area (Å²) in [6, 6.07) is -0.792. The van der Waals surface area contributed by atoms with Crippen molar-refractivity contribution in [1.29, 1.82) is 0 Å². The molecule has 0 aromatic heterocycles. The summed E-state index contributed by atoms with van der Waals surface area (Å²) in [4.78, 5) is 10.8. The maximum Gasteiger partial charge on any atom is 0.397 e. The van der Waals surface area contributed by atoms with Crippen molar-refractivity contribution in [3.63, 3.8) is 0 Å². The zero-order valence-corrected chi connectivity index (χ0v) is 10.3. The molecule has 0 aromatic rings. The summed E-state index contributed by atoms with van der Waals surface area (Å²) in [5.74, 6) is -0.400. The highest BCUT2D eigenvalue weighted by molar-refractivity contribution is 7.80. The predicted octanol–water partition coefficient (Wildman–Crippen LogP) is -2.57. The molecule has 0 aliphatic carbocycles. The maximum atomic E-state index is 10.8. The number of aliphatic hydroxyl groups excluding tert-OH is 2. The summed E-state index contributed by atoms with van der Waals surface area (Å²) in [6.45, 7) is 0.494. The first-order valence-electron chi connectivity index (χ1n) is 5.07. The third-order valence-electron chi connectivity index (χ3n) is 2.40. The van der Waals surface area contributed by atoms with Crippen molar-refractivity contribution < 1.29 is 36.9 Å². The molecule has 4 N–H and O–H groups in total. The lowest BCUT2D eigenvalue weighted by molar-refractivity contribution is -0.162. The van der Waals surface area contributed by atoms with Gasteiger partial charge in [0.2, 0.25) is 5.91 Å². The first kappa shape index (κ1) is 15.3. The Hall–Kier alpha value is -0.780. The number of carbonyl (C=O) groups is 1. The molecule has 0 radical (unpaired) electrons. The molecule has 0 saturated carbocycles. The number of carbonyl (C=O) groups excluding carboxylic acids is 1. The first-order chi connectivity index (χ1) is 8.20. The van der Waals surface area contributed by atoms with Gasteiger partial charge in [0, 0.05) is 6.92 Å². The second-order valence-corrected chi connectivity index (χ2v) is 4.96. The zero-order chi connectivity index (χ0) is 13.9. The fraction of sp³-hybridized carbons (Fsp3) is 0.875. The number of hydrogen-bond donors (Lipinski definition) is 4. The van der Waals surface area contributed by atoms with Gasteiger partial charge in [-0.2, -0.15) is 8.42 Å². The summed E-state index contributed by atoms with van der Waals surface area (Å²) in [6.07, 6.45) is -3.89. The minimum absolute atomic E-state index is 0.114. The Balaban J connectivity index is 2.55. The van der Waals surface area contributed by atoms with Crippen molar-refractivity contribution in [3.8, 4) is 0 Å². The molecular formula is C8H15NO8S. The molecule has 0 spiro atoms. The van der Waals surface area contributed by atoms with Crippen LogP contribution in [0.4, 0.5) is 0 Å². The van der Waals surface area contributed by atoms with Gasteiger partial charge < -0.3 is 20.3 Å². The Kier molecular flexibility index (Phi) is 5.01. The molecule has 4 atom stereocenters. The van der Waals surface area contributed by atoms with Gasteiger partial charge >= 0.3 is 10.4 Å². The summed E-state index contributed by atoms with van der Waals surface area (Å²) in [5.41, 5.74) is 0. The molecule has 1 amide bonds. The van der Waals surface area contributed by atoms with Crippen LogP contribution in [0.25, 0.3) is 0 Å².